The molecule has 10 heteroatoms. The SMILES string of the molecule is CCC(C)(N)c1cnc(OC2CN(C(C)=O)C2)c2cnc(Nc3ccc4c(n3)[C@@H](C)C(C)(C)OC4=O)cc12. The normalized spacial score (nSPS) is 20.2. The monoisotopic (exact) mass is 518 g/mol. The van der Waals surface area contributed by atoms with E-state index in [9.17, 15) is 9.59 Å². The quantitative estimate of drug-likeness (QED) is 0.464. The number of nitrogens with two attached hydrogens (primary N) is 1. The van der Waals surface area contributed by atoms with Gasteiger partial charge in [-0.2, -0.15) is 0 Å². The number of carbonyl (C=O) groups excluding carboxylic acids is 2. The van der Waals surface area contributed by atoms with Crippen LogP contribution in [0.1, 0.15) is 75.5 Å². The summed E-state index contributed by atoms with van der Waals surface area (Å²) in [5.41, 5.74) is 7.44. The first-order chi connectivity index (χ1) is 17.9. The first kappa shape index (κ1) is 25.8. The van der Waals surface area contributed by atoms with Gasteiger partial charge in [-0.1, -0.05) is 13.8 Å². The van der Waals surface area contributed by atoms with Crippen molar-refractivity contribution < 1.29 is 19.1 Å². The van der Waals surface area contributed by atoms with Crippen LogP contribution < -0.4 is 15.8 Å². The third-order valence-electron chi connectivity index (χ3n) is 7.87. The van der Waals surface area contributed by atoms with Crippen molar-refractivity contribution in [3.63, 3.8) is 0 Å². The van der Waals surface area contributed by atoms with Gasteiger partial charge >= 0.3 is 5.97 Å². The molecule has 1 amide bonds. The molecule has 2 aliphatic heterocycles. The zero-order chi connectivity index (χ0) is 27.4. The lowest BCUT2D eigenvalue weighted by molar-refractivity contribution is -0.137. The minimum absolute atomic E-state index is 0.0304. The maximum absolute atomic E-state index is 12.5. The minimum Gasteiger partial charge on any atom is -0.470 e. The molecule has 5 heterocycles. The number of carbonyl (C=O) groups is 2. The molecule has 5 rings (SSSR count). The molecule has 1 fully saturated rings. The number of fused-ring (bicyclic) bond motifs is 2. The van der Waals surface area contributed by atoms with E-state index in [1.54, 1.807) is 36.4 Å². The summed E-state index contributed by atoms with van der Waals surface area (Å²) in [4.78, 5) is 39.7. The molecule has 10 nitrogen and oxygen atoms in total. The molecule has 1 unspecified atom stereocenters. The van der Waals surface area contributed by atoms with Gasteiger partial charge < -0.3 is 25.4 Å². The van der Waals surface area contributed by atoms with Crippen molar-refractivity contribution in [2.75, 3.05) is 18.4 Å². The molecule has 200 valence electrons. The predicted molar refractivity (Wildman–Crippen MR) is 143 cm³/mol. The number of pyridine rings is 3. The topological polar surface area (TPSA) is 133 Å². The van der Waals surface area contributed by atoms with Gasteiger partial charge in [-0.25, -0.2) is 19.7 Å². The summed E-state index contributed by atoms with van der Waals surface area (Å²) in [7, 11) is 0. The number of esters is 1. The lowest BCUT2D eigenvalue weighted by Gasteiger charge is -2.38. The number of ether oxygens (including phenoxy) is 2. The molecule has 0 saturated carbocycles. The Morgan fingerprint density at radius 3 is 2.66 bits per heavy atom. The van der Waals surface area contributed by atoms with Crippen molar-refractivity contribution >= 4 is 34.3 Å². The Hall–Kier alpha value is -3.79. The van der Waals surface area contributed by atoms with E-state index in [-0.39, 0.29) is 23.9 Å². The Morgan fingerprint density at radius 2 is 1.97 bits per heavy atom. The van der Waals surface area contributed by atoms with Crippen LogP contribution in [0.5, 0.6) is 5.88 Å². The number of aromatic nitrogens is 3. The van der Waals surface area contributed by atoms with Crippen molar-refractivity contribution in [1.29, 1.82) is 0 Å². The van der Waals surface area contributed by atoms with E-state index in [1.807, 2.05) is 40.7 Å². The molecule has 38 heavy (non-hydrogen) atoms. The Bertz CT molecular complexity index is 1430. The number of hydrogen-bond acceptors (Lipinski definition) is 9. The molecule has 3 aromatic rings. The lowest BCUT2D eigenvalue weighted by atomic mass is 9.84. The summed E-state index contributed by atoms with van der Waals surface area (Å²) in [5.74, 6) is 1.20. The number of anilines is 2. The summed E-state index contributed by atoms with van der Waals surface area (Å²) in [6.45, 7) is 12.4. The molecule has 0 bridgehead atoms. The van der Waals surface area contributed by atoms with Crippen LogP contribution in [0, 0.1) is 0 Å². The summed E-state index contributed by atoms with van der Waals surface area (Å²) >= 11 is 0. The number of nitrogens with one attached hydrogen (secondary N) is 1. The fourth-order valence-electron chi connectivity index (χ4n) is 4.74. The van der Waals surface area contributed by atoms with E-state index in [0.717, 1.165) is 16.3 Å². The summed E-state index contributed by atoms with van der Waals surface area (Å²) in [6, 6.07) is 5.40. The largest absolute Gasteiger partial charge is 0.470 e. The van der Waals surface area contributed by atoms with Crippen LogP contribution in [0.2, 0.25) is 0 Å². The highest BCUT2D eigenvalue weighted by Gasteiger charge is 2.40. The lowest BCUT2D eigenvalue weighted by Crippen LogP contribution is -2.55. The van der Waals surface area contributed by atoms with Crippen LogP contribution in [0.15, 0.2) is 30.6 Å². The molecule has 0 aromatic carbocycles. The van der Waals surface area contributed by atoms with E-state index in [0.29, 0.717) is 48.3 Å². The Kier molecular flexibility index (Phi) is 6.25. The number of nitrogens with zero attached hydrogens (tertiary/aromatic N) is 4. The van der Waals surface area contributed by atoms with Crippen molar-refractivity contribution in [1.82, 2.24) is 19.9 Å². The van der Waals surface area contributed by atoms with E-state index in [2.05, 4.69) is 15.3 Å². The Labute approximate surface area is 221 Å². The van der Waals surface area contributed by atoms with Crippen LogP contribution in [0.4, 0.5) is 11.6 Å². The van der Waals surface area contributed by atoms with Crippen molar-refractivity contribution in [3.05, 3.63) is 47.4 Å². The van der Waals surface area contributed by atoms with Crippen LogP contribution in [-0.4, -0.2) is 56.5 Å². The second-order valence-corrected chi connectivity index (χ2v) is 11.0. The molecule has 2 atom stereocenters. The van der Waals surface area contributed by atoms with Crippen LogP contribution in [0.3, 0.4) is 0 Å². The third-order valence-corrected chi connectivity index (χ3v) is 7.87. The molecule has 1 saturated heterocycles. The van der Waals surface area contributed by atoms with E-state index < -0.39 is 11.1 Å². The van der Waals surface area contributed by atoms with Crippen LogP contribution in [0.25, 0.3) is 10.8 Å². The van der Waals surface area contributed by atoms with E-state index in [4.69, 9.17) is 20.2 Å². The van der Waals surface area contributed by atoms with Gasteiger partial charge in [0.2, 0.25) is 11.8 Å². The van der Waals surface area contributed by atoms with Gasteiger partial charge in [-0.15, -0.1) is 0 Å². The molecule has 0 aliphatic carbocycles. The maximum Gasteiger partial charge on any atom is 0.340 e. The van der Waals surface area contributed by atoms with Gasteiger partial charge in [-0.05, 0) is 56.3 Å². The van der Waals surface area contributed by atoms with E-state index >= 15 is 0 Å². The van der Waals surface area contributed by atoms with Gasteiger partial charge in [0.05, 0.1) is 29.7 Å². The first-order valence-electron chi connectivity index (χ1n) is 12.9. The average molecular weight is 519 g/mol. The van der Waals surface area contributed by atoms with Crippen molar-refractivity contribution in [3.8, 4) is 5.88 Å². The highest BCUT2D eigenvalue weighted by Crippen LogP contribution is 2.39. The highest BCUT2D eigenvalue weighted by molar-refractivity contribution is 5.93. The summed E-state index contributed by atoms with van der Waals surface area (Å²) in [5, 5.41) is 4.91. The number of hydrogen-bond donors (Lipinski definition) is 2. The first-order valence-corrected chi connectivity index (χ1v) is 12.9. The molecule has 0 spiro atoms. The van der Waals surface area contributed by atoms with Gasteiger partial charge in [-0.3, -0.25) is 4.79 Å². The molecule has 0 radical (unpaired) electrons. The minimum atomic E-state index is -0.650. The fraction of sp³-hybridized carbons (Fsp3) is 0.464. The Balaban J connectivity index is 1.49. The van der Waals surface area contributed by atoms with Crippen molar-refractivity contribution in [2.45, 2.75) is 71.1 Å². The Morgan fingerprint density at radius 1 is 1.24 bits per heavy atom. The average Bonchev–Trinajstić information content (AvgIpc) is 2.83. The standard InChI is InChI=1S/C28H34N6O4/c1-7-28(6,29)21-12-31-25(37-17-13-34(14-17)16(3)35)20-11-30-23(10-19(20)21)32-22-9-8-18-24(33-22)15(2)27(4,5)38-26(18)36/h8-12,15,17H,7,13-14,29H2,1-6H3,(H,30,32,33)/t15-,28?/m1/s1. The molecular formula is C28H34N6O4. The molecular weight excluding hydrogens is 484 g/mol. The number of rotatable bonds is 6. The number of likely N-dealkylation sites (tertiary alicyclic amines) is 1. The van der Waals surface area contributed by atoms with Gasteiger partial charge in [0.25, 0.3) is 0 Å². The summed E-state index contributed by atoms with van der Waals surface area (Å²) < 4.78 is 11.7. The van der Waals surface area contributed by atoms with Crippen LogP contribution >= 0.6 is 0 Å². The number of cyclic esters (lactones) is 1. The molecule has 3 aromatic heterocycles. The molecule has 2 aliphatic rings. The fourth-order valence-corrected chi connectivity index (χ4v) is 4.74. The van der Waals surface area contributed by atoms with Gasteiger partial charge in [0.15, 0.2) is 0 Å². The smallest absolute Gasteiger partial charge is 0.340 e. The second-order valence-electron chi connectivity index (χ2n) is 11.0. The highest BCUT2D eigenvalue weighted by atomic mass is 16.6. The maximum atomic E-state index is 12.5. The zero-order valence-electron chi connectivity index (χ0n) is 22.7. The molecule has 3 N–H and O–H groups in total. The van der Waals surface area contributed by atoms with Gasteiger partial charge in [0, 0.05) is 30.8 Å². The third kappa shape index (κ3) is 4.53. The van der Waals surface area contributed by atoms with E-state index in [1.165, 1.54) is 0 Å². The van der Waals surface area contributed by atoms with Gasteiger partial charge in [0.1, 0.15) is 23.3 Å². The zero-order valence-corrected chi connectivity index (χ0v) is 22.7. The van der Waals surface area contributed by atoms with Crippen molar-refractivity contribution in [2.24, 2.45) is 5.73 Å². The second kappa shape index (κ2) is 9.20. The van der Waals surface area contributed by atoms with Crippen LogP contribution in [-0.2, 0) is 15.1 Å². The predicted octanol–water partition coefficient (Wildman–Crippen LogP) is 4.01. The summed E-state index contributed by atoms with van der Waals surface area (Å²) in [6.07, 6.45) is 4.07. The number of amides is 1.